The van der Waals surface area contributed by atoms with E-state index in [0.29, 0.717) is 5.82 Å². The maximum atomic E-state index is 14.5. The molecule has 27 heavy (non-hydrogen) atoms. The molecule has 1 N–H and O–H groups in total. The molecule has 0 spiro atoms. The van der Waals surface area contributed by atoms with Gasteiger partial charge in [0.15, 0.2) is 0 Å². The smallest absolute Gasteiger partial charge is 0.410 e. The molecule has 3 rings (SSSR count). The van der Waals surface area contributed by atoms with Gasteiger partial charge in [0.05, 0.1) is 6.54 Å². The minimum absolute atomic E-state index is 0.0752. The first kappa shape index (κ1) is 19.1. The van der Waals surface area contributed by atoms with Gasteiger partial charge in [-0.2, -0.15) is 0 Å². The maximum Gasteiger partial charge on any atom is 0.410 e. The van der Waals surface area contributed by atoms with Gasteiger partial charge in [0.2, 0.25) is 0 Å². The highest BCUT2D eigenvalue weighted by atomic mass is 19.3. The number of halogens is 2. The lowest BCUT2D eigenvalue weighted by Gasteiger charge is -2.37. The number of nitrogens with one attached hydrogen (secondary N) is 1. The first-order valence-electron chi connectivity index (χ1n) is 8.94. The molecule has 0 aliphatic carbocycles. The van der Waals surface area contributed by atoms with Crippen LogP contribution in [0.25, 0.3) is 0 Å². The molecule has 1 fully saturated rings. The number of aryl methyl sites for hydroxylation is 1. The summed E-state index contributed by atoms with van der Waals surface area (Å²) in [7, 11) is 0. The fourth-order valence-electron chi connectivity index (χ4n) is 3.01. The Balaban J connectivity index is 1.49. The SMILES string of the molecule is Cc1ccc(COC(=O)N2CCC(CNc3ccccn3)C(F)(F)C2)cc1. The Kier molecular flexibility index (Phi) is 5.88. The average molecular weight is 375 g/mol. The van der Waals surface area contributed by atoms with Gasteiger partial charge in [-0.3, -0.25) is 0 Å². The second-order valence-electron chi connectivity index (χ2n) is 6.80. The maximum absolute atomic E-state index is 14.5. The van der Waals surface area contributed by atoms with Gasteiger partial charge in [0, 0.05) is 25.2 Å². The number of carbonyl (C=O) groups is 1. The quantitative estimate of drug-likeness (QED) is 0.855. The van der Waals surface area contributed by atoms with Crippen LogP contribution in [-0.4, -0.2) is 41.5 Å². The van der Waals surface area contributed by atoms with Crippen molar-refractivity contribution in [3.63, 3.8) is 0 Å². The van der Waals surface area contributed by atoms with Gasteiger partial charge in [0.25, 0.3) is 5.92 Å². The van der Waals surface area contributed by atoms with Gasteiger partial charge in [0.1, 0.15) is 12.4 Å². The molecule has 1 unspecified atom stereocenters. The molecule has 1 aliphatic heterocycles. The van der Waals surface area contributed by atoms with E-state index in [4.69, 9.17) is 4.74 Å². The van der Waals surface area contributed by atoms with E-state index >= 15 is 0 Å². The Morgan fingerprint density at radius 1 is 1.30 bits per heavy atom. The van der Waals surface area contributed by atoms with Crippen molar-refractivity contribution < 1.29 is 18.3 Å². The monoisotopic (exact) mass is 375 g/mol. The van der Waals surface area contributed by atoms with Crippen molar-refractivity contribution in [1.29, 1.82) is 0 Å². The third-order valence-corrected chi connectivity index (χ3v) is 4.68. The van der Waals surface area contributed by atoms with Crippen LogP contribution in [0.5, 0.6) is 0 Å². The largest absolute Gasteiger partial charge is 0.445 e. The topological polar surface area (TPSA) is 54.5 Å². The molecule has 144 valence electrons. The third-order valence-electron chi connectivity index (χ3n) is 4.68. The molecule has 1 atom stereocenters. The number of pyridine rings is 1. The molecule has 7 heteroatoms. The molecule has 0 bridgehead atoms. The lowest BCUT2D eigenvalue weighted by atomic mass is 9.93. The van der Waals surface area contributed by atoms with Crippen LogP contribution >= 0.6 is 0 Å². The Bertz CT molecular complexity index is 754. The molecule has 1 aliphatic rings. The number of likely N-dealkylation sites (tertiary alicyclic amines) is 1. The number of rotatable bonds is 5. The van der Waals surface area contributed by atoms with Crippen LogP contribution in [0.2, 0.25) is 0 Å². The summed E-state index contributed by atoms with van der Waals surface area (Å²) in [6, 6.07) is 12.8. The number of alkyl halides is 2. The zero-order chi connectivity index (χ0) is 19.3. The Morgan fingerprint density at radius 2 is 2.07 bits per heavy atom. The van der Waals surface area contributed by atoms with Gasteiger partial charge in [-0.1, -0.05) is 35.9 Å². The van der Waals surface area contributed by atoms with Crippen LogP contribution in [0.4, 0.5) is 19.4 Å². The number of aromatic nitrogens is 1. The summed E-state index contributed by atoms with van der Waals surface area (Å²) in [5, 5.41) is 2.94. The molecule has 0 radical (unpaired) electrons. The van der Waals surface area contributed by atoms with Crippen LogP contribution < -0.4 is 5.32 Å². The Labute approximate surface area is 157 Å². The van der Waals surface area contributed by atoms with Gasteiger partial charge in [-0.15, -0.1) is 0 Å². The second-order valence-corrected chi connectivity index (χ2v) is 6.80. The highest BCUT2D eigenvalue weighted by Crippen LogP contribution is 2.33. The van der Waals surface area contributed by atoms with E-state index < -0.39 is 24.5 Å². The Morgan fingerprint density at radius 3 is 2.74 bits per heavy atom. The van der Waals surface area contributed by atoms with Gasteiger partial charge in [-0.25, -0.2) is 18.6 Å². The number of ether oxygens (including phenoxy) is 1. The van der Waals surface area contributed by atoms with E-state index in [1.54, 1.807) is 24.4 Å². The van der Waals surface area contributed by atoms with Crippen molar-refractivity contribution in [1.82, 2.24) is 9.88 Å². The number of hydrogen-bond acceptors (Lipinski definition) is 4. The number of carbonyl (C=O) groups excluding carboxylic acids is 1. The molecule has 5 nitrogen and oxygen atoms in total. The fourth-order valence-corrected chi connectivity index (χ4v) is 3.01. The fraction of sp³-hybridized carbons (Fsp3) is 0.400. The van der Waals surface area contributed by atoms with Crippen molar-refractivity contribution in [3.05, 3.63) is 59.8 Å². The molecular formula is C20H23F2N3O2. The van der Waals surface area contributed by atoms with Crippen molar-refractivity contribution in [2.45, 2.75) is 25.9 Å². The molecular weight excluding hydrogens is 352 g/mol. The summed E-state index contributed by atoms with van der Waals surface area (Å²) >= 11 is 0. The van der Waals surface area contributed by atoms with Crippen molar-refractivity contribution in [2.75, 3.05) is 25.0 Å². The summed E-state index contributed by atoms with van der Waals surface area (Å²) in [5.74, 6) is -3.28. The van der Waals surface area contributed by atoms with E-state index in [1.165, 1.54) is 0 Å². The summed E-state index contributed by atoms with van der Waals surface area (Å²) < 4.78 is 34.2. The number of piperidine rings is 1. The average Bonchev–Trinajstić information content (AvgIpc) is 2.66. The molecule has 1 saturated heterocycles. The van der Waals surface area contributed by atoms with Gasteiger partial charge >= 0.3 is 6.09 Å². The first-order valence-corrected chi connectivity index (χ1v) is 8.94. The summed E-state index contributed by atoms with van der Waals surface area (Å²) in [6.45, 7) is 1.76. The van der Waals surface area contributed by atoms with Crippen LogP contribution in [0, 0.1) is 12.8 Å². The lowest BCUT2D eigenvalue weighted by Crippen LogP contribution is -2.52. The number of hydrogen-bond donors (Lipinski definition) is 1. The van der Waals surface area contributed by atoms with E-state index in [2.05, 4.69) is 10.3 Å². The van der Waals surface area contributed by atoms with Gasteiger partial charge < -0.3 is 15.0 Å². The van der Waals surface area contributed by atoms with E-state index in [1.807, 2.05) is 31.2 Å². The predicted octanol–water partition coefficient (Wildman–Crippen LogP) is 4.10. The van der Waals surface area contributed by atoms with Crippen LogP contribution in [0.15, 0.2) is 48.7 Å². The summed E-state index contributed by atoms with van der Waals surface area (Å²) in [6.07, 6.45) is 1.10. The highest BCUT2D eigenvalue weighted by molar-refractivity contribution is 5.68. The number of nitrogens with zero attached hydrogens (tertiary/aromatic N) is 2. The number of anilines is 1. The normalized spacial score (nSPS) is 18.8. The number of amides is 1. The van der Waals surface area contributed by atoms with E-state index in [-0.39, 0.29) is 26.1 Å². The van der Waals surface area contributed by atoms with Crippen molar-refractivity contribution in [3.8, 4) is 0 Å². The van der Waals surface area contributed by atoms with E-state index in [9.17, 15) is 13.6 Å². The molecule has 1 aromatic heterocycles. The second kappa shape index (κ2) is 8.33. The standard InChI is InChI=1S/C20H23F2N3O2/c1-15-5-7-16(8-6-15)13-27-19(26)25-11-9-17(20(21,22)14-25)12-24-18-4-2-3-10-23-18/h2-8,10,17H,9,11-14H2,1H3,(H,23,24). The van der Waals surface area contributed by atoms with E-state index in [0.717, 1.165) is 16.0 Å². The highest BCUT2D eigenvalue weighted by Gasteiger charge is 2.46. The van der Waals surface area contributed by atoms with Crippen molar-refractivity contribution in [2.24, 2.45) is 5.92 Å². The van der Waals surface area contributed by atoms with Gasteiger partial charge in [-0.05, 0) is 31.0 Å². The molecule has 1 aromatic carbocycles. The summed E-state index contributed by atoms with van der Waals surface area (Å²) in [4.78, 5) is 17.3. The van der Waals surface area contributed by atoms with Crippen LogP contribution in [0.3, 0.4) is 0 Å². The third kappa shape index (κ3) is 5.15. The van der Waals surface area contributed by atoms with Crippen LogP contribution in [-0.2, 0) is 11.3 Å². The molecule has 1 amide bonds. The predicted molar refractivity (Wildman–Crippen MR) is 98.7 cm³/mol. The minimum atomic E-state index is -2.98. The van der Waals surface area contributed by atoms with Crippen molar-refractivity contribution >= 4 is 11.9 Å². The Hall–Kier alpha value is -2.70. The van der Waals surface area contributed by atoms with Crippen LogP contribution in [0.1, 0.15) is 17.5 Å². The zero-order valence-corrected chi connectivity index (χ0v) is 15.2. The zero-order valence-electron chi connectivity index (χ0n) is 15.2. The molecule has 0 saturated carbocycles. The molecule has 2 heterocycles. The number of benzene rings is 1. The molecule has 2 aromatic rings. The first-order chi connectivity index (χ1) is 12.9. The lowest BCUT2D eigenvalue weighted by molar-refractivity contribution is -0.101. The summed E-state index contributed by atoms with van der Waals surface area (Å²) in [5.41, 5.74) is 1.93. The minimum Gasteiger partial charge on any atom is -0.445 e.